The molecule has 1 N–H and O–H groups in total. The molecule has 4 nitrogen and oxygen atoms in total. The van der Waals surface area contributed by atoms with E-state index in [4.69, 9.17) is 4.74 Å². The number of anilines is 1. The molecule has 1 aromatic rings. The highest BCUT2D eigenvalue weighted by Gasteiger charge is 2.21. The number of nitrogens with one attached hydrogen (secondary N) is 1. The molecule has 1 aromatic carbocycles. The van der Waals surface area contributed by atoms with E-state index in [2.05, 4.69) is 5.32 Å². The first-order chi connectivity index (χ1) is 8.99. The van der Waals surface area contributed by atoms with Gasteiger partial charge in [-0.15, -0.1) is 0 Å². The number of hydrogen-bond donors (Lipinski definition) is 1. The Morgan fingerprint density at radius 1 is 0.950 bits per heavy atom. The zero-order valence-electron chi connectivity index (χ0n) is 13.0. The average Bonchev–Trinajstić information content (AvgIpc) is 2.26. The third-order valence-electron chi connectivity index (χ3n) is 2.46. The van der Waals surface area contributed by atoms with Crippen LogP contribution in [-0.2, 0) is 9.53 Å². The maximum Gasteiger partial charge on any atom is 0.338 e. The van der Waals surface area contributed by atoms with Crippen molar-refractivity contribution in [2.24, 2.45) is 5.41 Å². The van der Waals surface area contributed by atoms with Crippen molar-refractivity contribution in [2.45, 2.75) is 47.1 Å². The second kappa shape index (κ2) is 5.65. The summed E-state index contributed by atoms with van der Waals surface area (Å²) in [4.78, 5) is 23.7. The maximum atomic E-state index is 11.8. The monoisotopic (exact) mass is 277 g/mol. The van der Waals surface area contributed by atoms with Gasteiger partial charge in [0.25, 0.3) is 0 Å². The first kappa shape index (κ1) is 16.2. The fourth-order valence-corrected chi connectivity index (χ4v) is 1.35. The van der Waals surface area contributed by atoms with E-state index in [0.29, 0.717) is 11.3 Å². The van der Waals surface area contributed by atoms with Crippen LogP contribution in [0.15, 0.2) is 24.3 Å². The van der Waals surface area contributed by atoms with Crippen LogP contribution in [0.4, 0.5) is 5.69 Å². The standard InChI is InChI=1S/C16H23NO3/c1-15(2,3)14(19)17-12-9-7-11(8-10-12)13(18)20-16(4,5)6/h7-10H,1-6H3,(H,17,19). The normalized spacial score (nSPS) is 11.9. The predicted octanol–water partition coefficient (Wildman–Crippen LogP) is 3.63. The molecule has 0 aliphatic heterocycles. The Morgan fingerprint density at radius 2 is 1.45 bits per heavy atom. The van der Waals surface area contributed by atoms with Crippen LogP contribution < -0.4 is 5.32 Å². The number of carbonyl (C=O) groups is 2. The van der Waals surface area contributed by atoms with Crippen molar-refractivity contribution in [1.29, 1.82) is 0 Å². The van der Waals surface area contributed by atoms with Crippen LogP contribution in [0.5, 0.6) is 0 Å². The fourth-order valence-electron chi connectivity index (χ4n) is 1.35. The summed E-state index contributed by atoms with van der Waals surface area (Å²) in [7, 11) is 0. The largest absolute Gasteiger partial charge is 0.456 e. The van der Waals surface area contributed by atoms with E-state index >= 15 is 0 Å². The number of amides is 1. The number of esters is 1. The number of ether oxygens (including phenoxy) is 1. The van der Waals surface area contributed by atoms with Gasteiger partial charge in [-0.25, -0.2) is 4.79 Å². The molecule has 20 heavy (non-hydrogen) atoms. The van der Waals surface area contributed by atoms with Crippen molar-refractivity contribution in [2.75, 3.05) is 5.32 Å². The summed E-state index contributed by atoms with van der Waals surface area (Å²) < 4.78 is 5.27. The summed E-state index contributed by atoms with van der Waals surface area (Å²) in [5.74, 6) is -0.436. The minimum absolute atomic E-state index is 0.0671. The topological polar surface area (TPSA) is 55.4 Å². The van der Waals surface area contributed by atoms with Crippen molar-refractivity contribution in [3.63, 3.8) is 0 Å². The molecule has 0 aromatic heterocycles. The quantitative estimate of drug-likeness (QED) is 0.840. The van der Waals surface area contributed by atoms with Crippen molar-refractivity contribution < 1.29 is 14.3 Å². The third kappa shape index (κ3) is 5.03. The first-order valence-corrected chi connectivity index (χ1v) is 6.64. The van der Waals surface area contributed by atoms with Gasteiger partial charge >= 0.3 is 5.97 Å². The molecule has 4 heteroatoms. The predicted molar refractivity (Wildman–Crippen MR) is 79.7 cm³/mol. The molecule has 1 amide bonds. The highest BCUT2D eigenvalue weighted by molar-refractivity contribution is 5.95. The Hall–Kier alpha value is -1.84. The highest BCUT2D eigenvalue weighted by Crippen LogP contribution is 2.18. The van der Waals surface area contributed by atoms with E-state index in [9.17, 15) is 9.59 Å². The van der Waals surface area contributed by atoms with Crippen LogP contribution in [0.1, 0.15) is 51.9 Å². The average molecular weight is 277 g/mol. The van der Waals surface area contributed by atoms with Gasteiger partial charge in [0.05, 0.1) is 5.56 Å². The molecule has 0 bridgehead atoms. The van der Waals surface area contributed by atoms with Crippen LogP contribution in [-0.4, -0.2) is 17.5 Å². The van der Waals surface area contributed by atoms with Gasteiger partial charge in [0.2, 0.25) is 5.91 Å². The van der Waals surface area contributed by atoms with Crippen LogP contribution in [0.2, 0.25) is 0 Å². The minimum atomic E-state index is -0.518. The van der Waals surface area contributed by atoms with Gasteiger partial charge in [-0.3, -0.25) is 4.79 Å². The lowest BCUT2D eigenvalue weighted by atomic mass is 9.95. The molecule has 0 atom stereocenters. The Bertz CT molecular complexity index is 490. The van der Waals surface area contributed by atoms with Crippen molar-refractivity contribution in [3.05, 3.63) is 29.8 Å². The molecular weight excluding hydrogens is 254 g/mol. The van der Waals surface area contributed by atoms with Crippen LogP contribution >= 0.6 is 0 Å². The van der Waals surface area contributed by atoms with Crippen LogP contribution in [0.3, 0.4) is 0 Å². The summed E-state index contributed by atoms with van der Waals surface area (Å²) in [5.41, 5.74) is 0.158. The highest BCUT2D eigenvalue weighted by atomic mass is 16.6. The van der Waals surface area contributed by atoms with Gasteiger partial charge in [0.15, 0.2) is 0 Å². The van der Waals surface area contributed by atoms with Crippen LogP contribution in [0.25, 0.3) is 0 Å². The zero-order chi connectivity index (χ0) is 15.6. The zero-order valence-corrected chi connectivity index (χ0v) is 13.0. The summed E-state index contributed by atoms with van der Waals surface area (Å²) in [5, 5.41) is 2.81. The summed E-state index contributed by atoms with van der Waals surface area (Å²) >= 11 is 0. The number of rotatable bonds is 2. The fraction of sp³-hybridized carbons (Fsp3) is 0.500. The van der Waals surface area contributed by atoms with E-state index in [1.807, 2.05) is 41.5 Å². The van der Waals surface area contributed by atoms with E-state index in [1.165, 1.54) is 0 Å². The molecular formula is C16H23NO3. The maximum absolute atomic E-state index is 11.8. The van der Waals surface area contributed by atoms with Gasteiger partial charge in [-0.1, -0.05) is 20.8 Å². The number of carbonyl (C=O) groups excluding carboxylic acids is 2. The molecule has 0 saturated heterocycles. The SMILES string of the molecule is CC(C)(C)OC(=O)c1ccc(NC(=O)C(C)(C)C)cc1. The molecule has 110 valence electrons. The second-order valence-corrected chi connectivity index (χ2v) is 6.78. The molecule has 0 heterocycles. The summed E-state index contributed by atoms with van der Waals surface area (Å²) in [6.45, 7) is 11.0. The van der Waals surface area contributed by atoms with Crippen molar-refractivity contribution in [1.82, 2.24) is 0 Å². The van der Waals surface area contributed by atoms with Gasteiger partial charge < -0.3 is 10.1 Å². The third-order valence-corrected chi connectivity index (χ3v) is 2.46. The van der Waals surface area contributed by atoms with E-state index < -0.39 is 11.0 Å². The Labute approximate surface area is 120 Å². The molecule has 0 spiro atoms. The Morgan fingerprint density at radius 3 is 1.85 bits per heavy atom. The number of hydrogen-bond acceptors (Lipinski definition) is 3. The lowest BCUT2D eigenvalue weighted by molar-refractivity contribution is -0.123. The minimum Gasteiger partial charge on any atom is -0.456 e. The molecule has 1 rings (SSSR count). The Kier molecular flexibility index (Phi) is 4.58. The summed E-state index contributed by atoms with van der Waals surface area (Å²) in [6.07, 6.45) is 0. The summed E-state index contributed by atoms with van der Waals surface area (Å²) in [6, 6.07) is 6.68. The second-order valence-electron chi connectivity index (χ2n) is 6.78. The molecule has 0 aliphatic rings. The van der Waals surface area contributed by atoms with E-state index in [1.54, 1.807) is 24.3 Å². The molecule has 0 saturated carbocycles. The van der Waals surface area contributed by atoms with Crippen LogP contribution in [0, 0.1) is 5.41 Å². The van der Waals surface area contributed by atoms with Gasteiger partial charge in [-0.05, 0) is 45.0 Å². The lowest BCUT2D eigenvalue weighted by Crippen LogP contribution is -2.27. The van der Waals surface area contributed by atoms with Gasteiger partial charge in [0.1, 0.15) is 5.60 Å². The molecule has 0 fully saturated rings. The van der Waals surface area contributed by atoms with Crippen molar-refractivity contribution >= 4 is 17.6 Å². The van der Waals surface area contributed by atoms with Gasteiger partial charge in [0, 0.05) is 11.1 Å². The molecule has 0 radical (unpaired) electrons. The lowest BCUT2D eigenvalue weighted by Gasteiger charge is -2.20. The van der Waals surface area contributed by atoms with E-state index in [0.717, 1.165) is 0 Å². The smallest absolute Gasteiger partial charge is 0.338 e. The van der Waals surface area contributed by atoms with Crippen molar-refractivity contribution in [3.8, 4) is 0 Å². The Balaban J connectivity index is 2.75. The molecule has 0 aliphatic carbocycles. The molecule has 0 unspecified atom stereocenters. The number of benzene rings is 1. The van der Waals surface area contributed by atoms with Gasteiger partial charge in [-0.2, -0.15) is 0 Å². The first-order valence-electron chi connectivity index (χ1n) is 6.64. The van der Waals surface area contributed by atoms with E-state index in [-0.39, 0.29) is 11.9 Å².